The first-order valence-electron chi connectivity index (χ1n) is 13.6. The summed E-state index contributed by atoms with van der Waals surface area (Å²) in [5, 5.41) is 31.2. The SMILES string of the molecule is CCC(=O)N[C@H]1C[C@@H](n2cnc3c(NC(CC)CC)nc(NCCN4CCCCC4)nc32)[C@H](O)[C@@H]1O. The average Bonchev–Trinajstić information content (AvgIpc) is 3.44. The number of rotatable bonds is 11. The van der Waals surface area contributed by atoms with Crippen molar-refractivity contribution in [1.82, 2.24) is 29.7 Å². The summed E-state index contributed by atoms with van der Waals surface area (Å²) in [4.78, 5) is 28.5. The predicted octanol–water partition coefficient (Wildman–Crippen LogP) is 1.89. The fourth-order valence-electron chi connectivity index (χ4n) is 5.27. The van der Waals surface area contributed by atoms with E-state index in [-0.39, 0.29) is 11.9 Å². The lowest BCUT2D eigenvalue weighted by Crippen LogP contribution is -2.42. The van der Waals surface area contributed by atoms with E-state index in [4.69, 9.17) is 9.97 Å². The van der Waals surface area contributed by atoms with Crippen LogP contribution < -0.4 is 16.0 Å². The highest BCUT2D eigenvalue weighted by Crippen LogP contribution is 2.34. The molecule has 2 aliphatic rings. The largest absolute Gasteiger partial charge is 0.388 e. The highest BCUT2D eigenvalue weighted by molar-refractivity contribution is 5.84. The number of hydrogen-bond acceptors (Lipinski definition) is 9. The molecule has 2 aromatic rings. The maximum atomic E-state index is 11.9. The summed E-state index contributed by atoms with van der Waals surface area (Å²) < 4.78 is 1.82. The van der Waals surface area contributed by atoms with Gasteiger partial charge in [0.25, 0.3) is 0 Å². The van der Waals surface area contributed by atoms with Crippen LogP contribution in [0.4, 0.5) is 11.8 Å². The Morgan fingerprint density at radius 1 is 1.11 bits per heavy atom. The van der Waals surface area contributed by atoms with Crippen LogP contribution >= 0.6 is 0 Å². The summed E-state index contributed by atoms with van der Waals surface area (Å²) in [7, 11) is 0. The summed E-state index contributed by atoms with van der Waals surface area (Å²) in [5.41, 5.74) is 1.23. The Hall–Kier alpha value is -2.50. The molecule has 11 heteroatoms. The van der Waals surface area contributed by atoms with Gasteiger partial charge in [0.05, 0.1) is 18.4 Å². The number of fused-ring (bicyclic) bond motifs is 1. The Morgan fingerprint density at radius 3 is 2.56 bits per heavy atom. The second-order valence-corrected chi connectivity index (χ2v) is 10.0. The number of nitrogens with zero attached hydrogens (tertiary/aromatic N) is 5. The third kappa shape index (κ3) is 5.90. The van der Waals surface area contributed by atoms with E-state index in [0.717, 1.165) is 39.0 Å². The van der Waals surface area contributed by atoms with Crippen molar-refractivity contribution in [2.24, 2.45) is 0 Å². The van der Waals surface area contributed by atoms with Crippen molar-refractivity contribution in [1.29, 1.82) is 0 Å². The molecule has 1 aliphatic carbocycles. The summed E-state index contributed by atoms with van der Waals surface area (Å²) in [5.74, 6) is 1.02. The van der Waals surface area contributed by atoms with Crippen molar-refractivity contribution in [2.45, 2.75) is 96.1 Å². The second-order valence-electron chi connectivity index (χ2n) is 10.0. The van der Waals surface area contributed by atoms with Crippen LogP contribution in [0.15, 0.2) is 6.33 Å². The van der Waals surface area contributed by atoms with Gasteiger partial charge in [0, 0.05) is 25.6 Å². The Kier molecular flexibility index (Phi) is 8.97. The van der Waals surface area contributed by atoms with Crippen LogP contribution in [0.1, 0.15) is 71.8 Å². The quantitative estimate of drug-likeness (QED) is 0.311. The van der Waals surface area contributed by atoms with Crippen LogP contribution in [0.5, 0.6) is 0 Å². The van der Waals surface area contributed by atoms with E-state index in [1.54, 1.807) is 13.3 Å². The smallest absolute Gasteiger partial charge is 0.226 e. The van der Waals surface area contributed by atoms with Gasteiger partial charge in [-0.2, -0.15) is 9.97 Å². The zero-order valence-corrected chi connectivity index (χ0v) is 21.8. The average molecular weight is 503 g/mol. The first kappa shape index (κ1) is 26.6. The Balaban J connectivity index is 1.60. The minimum absolute atomic E-state index is 0.151. The van der Waals surface area contributed by atoms with Crippen molar-refractivity contribution in [3.8, 4) is 0 Å². The molecule has 1 saturated carbocycles. The number of piperidine rings is 1. The molecule has 4 atom stereocenters. The number of imidazole rings is 1. The molecule has 2 fully saturated rings. The number of hydrogen-bond donors (Lipinski definition) is 5. The highest BCUT2D eigenvalue weighted by atomic mass is 16.3. The molecule has 1 amide bonds. The molecule has 36 heavy (non-hydrogen) atoms. The molecule has 0 unspecified atom stereocenters. The first-order chi connectivity index (χ1) is 17.4. The van der Waals surface area contributed by atoms with E-state index in [9.17, 15) is 15.0 Å². The lowest BCUT2D eigenvalue weighted by Gasteiger charge is -2.26. The van der Waals surface area contributed by atoms with Crippen molar-refractivity contribution < 1.29 is 15.0 Å². The second kappa shape index (κ2) is 12.2. The number of aliphatic hydroxyl groups excluding tert-OH is 2. The molecule has 0 radical (unpaired) electrons. The van der Waals surface area contributed by atoms with Gasteiger partial charge in [0.1, 0.15) is 12.2 Å². The molecule has 200 valence electrons. The van der Waals surface area contributed by atoms with Crippen molar-refractivity contribution in [3.05, 3.63) is 6.33 Å². The molecule has 0 spiro atoms. The van der Waals surface area contributed by atoms with Crippen LogP contribution in [-0.2, 0) is 4.79 Å². The fourth-order valence-corrected chi connectivity index (χ4v) is 5.27. The number of anilines is 2. The lowest BCUT2D eigenvalue weighted by atomic mass is 10.1. The van der Waals surface area contributed by atoms with E-state index in [2.05, 4.69) is 39.7 Å². The van der Waals surface area contributed by atoms with Gasteiger partial charge in [0.2, 0.25) is 11.9 Å². The standard InChI is InChI=1S/C25H42N8O3/c1-4-16(5-2)28-23-20-24(31-25(30-23)26-10-13-32-11-8-7-9-12-32)33(15-27-20)18-14-17(21(35)22(18)36)29-19(34)6-3/h15-18,21-22,35-36H,4-14H2,1-3H3,(H,29,34)(H2,26,28,30,31)/t17-,18+,21+,22-/m0/s1. The van der Waals surface area contributed by atoms with Gasteiger partial charge in [-0.05, 0) is 45.2 Å². The molecule has 1 saturated heterocycles. The van der Waals surface area contributed by atoms with Gasteiger partial charge in [-0.25, -0.2) is 4.98 Å². The van der Waals surface area contributed by atoms with Gasteiger partial charge >= 0.3 is 0 Å². The van der Waals surface area contributed by atoms with Crippen LogP contribution in [-0.4, -0.2) is 91.0 Å². The Labute approximate surface area is 213 Å². The number of aromatic nitrogens is 4. The molecule has 1 aliphatic heterocycles. The molecule has 11 nitrogen and oxygen atoms in total. The third-order valence-electron chi connectivity index (χ3n) is 7.58. The van der Waals surface area contributed by atoms with Gasteiger partial charge in [-0.3, -0.25) is 4.79 Å². The van der Waals surface area contributed by atoms with Crippen LogP contribution in [0.3, 0.4) is 0 Å². The molecule has 3 heterocycles. The van der Waals surface area contributed by atoms with Gasteiger partial charge in [0.15, 0.2) is 17.0 Å². The summed E-state index contributed by atoms with van der Waals surface area (Å²) in [6, 6.07) is -0.743. The molecular formula is C25H42N8O3. The highest BCUT2D eigenvalue weighted by Gasteiger charge is 2.43. The topological polar surface area (TPSA) is 140 Å². The molecule has 4 rings (SSSR count). The number of aliphatic hydroxyl groups is 2. The van der Waals surface area contributed by atoms with Gasteiger partial charge < -0.3 is 35.6 Å². The summed E-state index contributed by atoms with van der Waals surface area (Å²) >= 11 is 0. The van der Waals surface area contributed by atoms with Crippen molar-refractivity contribution in [2.75, 3.05) is 36.8 Å². The van der Waals surface area contributed by atoms with E-state index in [0.29, 0.717) is 35.8 Å². The molecule has 0 bridgehead atoms. The van der Waals surface area contributed by atoms with Gasteiger partial charge in [-0.15, -0.1) is 0 Å². The maximum absolute atomic E-state index is 11.9. The van der Waals surface area contributed by atoms with Crippen molar-refractivity contribution in [3.63, 3.8) is 0 Å². The Morgan fingerprint density at radius 2 is 1.86 bits per heavy atom. The van der Waals surface area contributed by atoms with E-state index in [1.165, 1.54) is 19.3 Å². The molecule has 0 aromatic carbocycles. The zero-order valence-electron chi connectivity index (χ0n) is 21.8. The Bertz CT molecular complexity index is 1000. The number of amides is 1. The third-order valence-corrected chi connectivity index (χ3v) is 7.58. The fraction of sp³-hybridized carbons (Fsp3) is 0.760. The maximum Gasteiger partial charge on any atom is 0.226 e. The van der Waals surface area contributed by atoms with Crippen LogP contribution in [0.25, 0.3) is 11.2 Å². The monoisotopic (exact) mass is 502 g/mol. The molecule has 5 N–H and O–H groups in total. The molecule has 2 aromatic heterocycles. The molecular weight excluding hydrogens is 460 g/mol. The zero-order chi connectivity index (χ0) is 25.7. The van der Waals surface area contributed by atoms with Crippen molar-refractivity contribution >= 4 is 28.8 Å². The normalized spacial score (nSPS) is 24.9. The minimum atomic E-state index is -1.06. The van der Waals surface area contributed by atoms with Gasteiger partial charge in [-0.1, -0.05) is 27.2 Å². The summed E-state index contributed by atoms with van der Waals surface area (Å²) in [6.07, 6.45) is 5.96. The van der Waals surface area contributed by atoms with Crippen LogP contribution in [0, 0.1) is 0 Å². The number of carbonyl (C=O) groups excluding carboxylic acids is 1. The number of likely N-dealkylation sites (tertiary alicyclic amines) is 1. The number of carbonyl (C=O) groups is 1. The summed E-state index contributed by atoms with van der Waals surface area (Å²) in [6.45, 7) is 9.97. The van der Waals surface area contributed by atoms with Crippen LogP contribution in [0.2, 0.25) is 0 Å². The predicted molar refractivity (Wildman–Crippen MR) is 140 cm³/mol. The lowest BCUT2D eigenvalue weighted by molar-refractivity contribution is -0.122. The minimum Gasteiger partial charge on any atom is -0.388 e. The van der Waals surface area contributed by atoms with E-state index < -0.39 is 24.3 Å². The first-order valence-corrected chi connectivity index (χ1v) is 13.6. The van der Waals surface area contributed by atoms with E-state index >= 15 is 0 Å². The van der Waals surface area contributed by atoms with E-state index in [1.807, 2.05) is 4.57 Å². The number of nitrogens with one attached hydrogen (secondary N) is 3.